The van der Waals surface area contributed by atoms with E-state index in [2.05, 4.69) is 182 Å². The van der Waals surface area contributed by atoms with Crippen molar-refractivity contribution in [3.05, 3.63) is 419 Å². The SMILES string of the molecule is O=P1(c2cc(P3(=O)N(c4ccccc4-c4ccccc4)c4ccccc4N3c3ccccc3-c3ccccc3)cc(P3(=O)N(c4ccccc4-c4ccccc4)c4ccccc4N3c3ccccc3-c3ccccc3)c2)N(c2ccccc2-c2ccccc2)c2ccccc2N1c1ccccc1-c1ccccc1. The topological polar surface area (TPSA) is 70.6 Å². The molecule has 108 heavy (non-hydrogen) atoms. The Morgan fingerprint density at radius 3 is 0.407 bits per heavy atom. The molecule has 19 rings (SSSR count). The Kier molecular flexibility index (Phi) is 16.5. The second-order valence-electron chi connectivity index (χ2n) is 27.0. The minimum Gasteiger partial charge on any atom is -0.269 e. The molecule has 16 aromatic rings. The largest absolute Gasteiger partial charge is 0.301 e. The van der Waals surface area contributed by atoms with Gasteiger partial charge in [-0.3, -0.25) is 41.7 Å². The average molecular weight is 1450 g/mol. The molecule has 9 nitrogen and oxygen atoms in total. The van der Waals surface area contributed by atoms with Gasteiger partial charge < -0.3 is 0 Å². The average Bonchev–Trinajstić information content (AvgIpc) is 1.51. The van der Waals surface area contributed by atoms with Crippen LogP contribution in [0.2, 0.25) is 0 Å². The van der Waals surface area contributed by atoms with E-state index in [0.717, 1.165) is 66.8 Å². The quantitative estimate of drug-likeness (QED) is 0.0934. The Morgan fingerprint density at radius 2 is 0.259 bits per heavy atom. The van der Waals surface area contributed by atoms with Crippen molar-refractivity contribution in [1.82, 2.24) is 0 Å². The molecule has 0 bridgehead atoms. The van der Waals surface area contributed by atoms with Gasteiger partial charge in [0.15, 0.2) is 0 Å². The van der Waals surface area contributed by atoms with E-state index in [4.69, 9.17) is 0 Å². The molecule has 0 aliphatic carbocycles. The van der Waals surface area contributed by atoms with Gasteiger partial charge in [-0.1, -0.05) is 328 Å². The van der Waals surface area contributed by atoms with E-state index in [1.165, 1.54) is 0 Å². The molecule has 0 unspecified atom stereocenters. The third-order valence-electron chi connectivity index (χ3n) is 20.8. The summed E-state index contributed by atoms with van der Waals surface area (Å²) < 4.78 is 72.5. The number of hydrogen-bond donors (Lipinski definition) is 0. The van der Waals surface area contributed by atoms with Gasteiger partial charge >= 0.3 is 22.3 Å². The third kappa shape index (κ3) is 10.6. The molecule has 0 N–H and O–H groups in total. The molecule has 516 valence electrons. The Labute approximate surface area is 629 Å². The first kappa shape index (κ1) is 65.7. The summed E-state index contributed by atoms with van der Waals surface area (Å²) in [6.45, 7) is 0. The molecule has 0 spiro atoms. The molecule has 0 fully saturated rings. The van der Waals surface area contributed by atoms with Gasteiger partial charge in [0.05, 0.1) is 84.2 Å². The van der Waals surface area contributed by atoms with Gasteiger partial charge in [-0.2, -0.15) is 0 Å². The molecule has 3 heterocycles. The van der Waals surface area contributed by atoms with Crippen molar-refractivity contribution >= 4 is 106 Å². The minimum absolute atomic E-state index is 0.273. The minimum atomic E-state index is -4.75. The smallest absolute Gasteiger partial charge is 0.269 e. The van der Waals surface area contributed by atoms with Crippen LogP contribution in [0.5, 0.6) is 0 Å². The van der Waals surface area contributed by atoms with Crippen LogP contribution in [-0.4, -0.2) is 0 Å². The van der Waals surface area contributed by atoms with Gasteiger partial charge in [0, 0.05) is 33.4 Å². The summed E-state index contributed by atoms with van der Waals surface area (Å²) in [5.74, 6) is 0. The molecule has 0 amide bonds. The summed E-state index contributed by atoms with van der Waals surface area (Å²) in [6.07, 6.45) is 0. The molecular weight excluding hydrogens is 1380 g/mol. The lowest BCUT2D eigenvalue weighted by Crippen LogP contribution is -2.37. The highest BCUT2D eigenvalue weighted by Gasteiger charge is 2.57. The number of para-hydroxylation sites is 12. The van der Waals surface area contributed by atoms with Crippen molar-refractivity contribution in [1.29, 1.82) is 0 Å². The highest BCUT2D eigenvalue weighted by molar-refractivity contribution is 7.79. The van der Waals surface area contributed by atoms with Crippen molar-refractivity contribution in [3.8, 4) is 66.8 Å². The predicted molar refractivity (Wildman–Crippen MR) is 452 cm³/mol. The van der Waals surface area contributed by atoms with Crippen LogP contribution in [0.1, 0.15) is 0 Å². The zero-order valence-electron chi connectivity index (χ0n) is 58.6. The molecule has 3 aliphatic rings. The Bertz CT molecular complexity index is 5300. The maximum absolute atomic E-state index is 20.1. The van der Waals surface area contributed by atoms with E-state index in [1.807, 2.05) is 265 Å². The zero-order valence-corrected chi connectivity index (χ0v) is 61.3. The van der Waals surface area contributed by atoms with E-state index in [1.54, 1.807) is 0 Å². The molecule has 3 aliphatic heterocycles. The van der Waals surface area contributed by atoms with Gasteiger partial charge in [-0.05, 0) is 124 Å². The lowest BCUT2D eigenvalue weighted by molar-refractivity contribution is 0.582. The van der Waals surface area contributed by atoms with Gasteiger partial charge in [0.1, 0.15) is 0 Å². The fraction of sp³-hybridized carbons (Fsp3) is 0. The summed E-state index contributed by atoms with van der Waals surface area (Å²) >= 11 is 0. The Balaban J connectivity index is 1.01. The van der Waals surface area contributed by atoms with Gasteiger partial charge in [0.25, 0.3) is 0 Å². The van der Waals surface area contributed by atoms with Crippen LogP contribution in [-0.2, 0) is 13.7 Å². The van der Waals surface area contributed by atoms with Crippen LogP contribution in [0, 0.1) is 0 Å². The standard InChI is InChI=1S/C96H69N6O3P3/c103-106(97(85-55-25-19-49-79(85)70-37-7-1-8-38-70)91-61-31-32-62-92(91)98(106)86-56-26-20-50-80(86)71-39-9-2-10-40-71)76-67-77(107(104)99(87-57-27-21-51-81(87)72-41-11-3-12-42-72)93-63-33-34-64-94(93)100(107)88-58-28-22-52-82(88)73-43-13-4-14-44-73)69-78(68-76)108(105)101(89-59-29-23-53-83(89)74-45-15-5-16-46-74)95-65-35-36-66-96(95)102(108)90-60-30-24-54-84(90)75-47-17-6-18-48-75/h1-69H. The van der Waals surface area contributed by atoms with Crippen molar-refractivity contribution in [2.45, 2.75) is 0 Å². The van der Waals surface area contributed by atoms with Crippen LogP contribution in [0.3, 0.4) is 0 Å². The fourth-order valence-corrected chi connectivity index (χ4v) is 25.8. The van der Waals surface area contributed by atoms with Crippen LogP contribution in [0.15, 0.2) is 419 Å². The van der Waals surface area contributed by atoms with E-state index in [0.29, 0.717) is 68.2 Å². The van der Waals surface area contributed by atoms with Crippen LogP contribution < -0.4 is 43.9 Å². The third-order valence-corrected chi connectivity index (χ3v) is 29.5. The Morgan fingerprint density at radius 1 is 0.139 bits per heavy atom. The first-order valence-corrected chi connectivity index (χ1v) is 41.1. The van der Waals surface area contributed by atoms with Crippen molar-refractivity contribution in [2.75, 3.05) is 28.0 Å². The van der Waals surface area contributed by atoms with Crippen molar-refractivity contribution < 1.29 is 13.7 Å². The predicted octanol–water partition coefficient (Wildman–Crippen LogP) is 26.1. The molecule has 0 atom stereocenters. The molecule has 0 saturated carbocycles. The van der Waals surface area contributed by atoms with Gasteiger partial charge in [0.2, 0.25) is 0 Å². The summed E-state index contributed by atoms with van der Waals surface area (Å²) in [5, 5.41) is 0.818. The van der Waals surface area contributed by atoms with Crippen LogP contribution in [0.4, 0.5) is 68.2 Å². The summed E-state index contributed by atoms with van der Waals surface area (Å²) in [4.78, 5) is 0. The number of fused-ring (bicyclic) bond motifs is 3. The normalized spacial score (nSPS) is 14.3. The number of rotatable bonds is 15. The monoisotopic (exact) mass is 1450 g/mol. The first-order chi connectivity index (χ1) is 53.3. The summed E-state index contributed by atoms with van der Waals surface area (Å²) in [7, 11) is -14.3. The van der Waals surface area contributed by atoms with Crippen LogP contribution >= 0.6 is 22.3 Å². The first-order valence-electron chi connectivity index (χ1n) is 36.2. The van der Waals surface area contributed by atoms with Crippen LogP contribution in [0.25, 0.3) is 66.8 Å². The van der Waals surface area contributed by atoms with Crippen molar-refractivity contribution in [2.24, 2.45) is 0 Å². The molecule has 0 radical (unpaired) electrons. The number of benzene rings is 16. The van der Waals surface area contributed by atoms with E-state index in [9.17, 15) is 0 Å². The second-order valence-corrected chi connectivity index (χ2v) is 34.2. The highest BCUT2D eigenvalue weighted by Crippen LogP contribution is 2.76. The number of anilines is 12. The van der Waals surface area contributed by atoms with Gasteiger partial charge in [-0.15, -0.1) is 0 Å². The molecule has 0 saturated heterocycles. The maximum Gasteiger partial charge on any atom is 0.301 e. The molecule has 0 aromatic heterocycles. The number of hydrogen-bond acceptors (Lipinski definition) is 3. The second kappa shape index (κ2) is 27.2. The summed E-state index contributed by atoms with van der Waals surface area (Å²) in [5.41, 5.74) is 18.5. The highest BCUT2D eigenvalue weighted by atomic mass is 31.2. The maximum atomic E-state index is 20.1. The van der Waals surface area contributed by atoms with E-state index in [-0.39, 0.29) is 15.9 Å². The fourth-order valence-electron chi connectivity index (χ4n) is 16.2. The van der Waals surface area contributed by atoms with Gasteiger partial charge in [-0.25, -0.2) is 0 Å². The van der Waals surface area contributed by atoms with Crippen molar-refractivity contribution in [3.63, 3.8) is 0 Å². The zero-order chi connectivity index (χ0) is 72.3. The van der Waals surface area contributed by atoms with E-state index < -0.39 is 22.3 Å². The molecule has 16 aromatic carbocycles. The lowest BCUT2D eigenvalue weighted by Gasteiger charge is -2.39. The number of nitrogens with zero attached hydrogens (tertiary/aromatic N) is 6. The molecular formula is C96H69N6O3P3. The Hall–Kier alpha value is -13.0. The van der Waals surface area contributed by atoms with E-state index >= 15 is 13.7 Å². The summed E-state index contributed by atoms with van der Waals surface area (Å²) in [6, 6.07) is 141. The molecule has 12 heteroatoms. The lowest BCUT2D eigenvalue weighted by atomic mass is 10.0.